The number of hydrogen-bond acceptors (Lipinski definition) is 3. The molecule has 1 aromatic rings. The van der Waals surface area contributed by atoms with E-state index in [-0.39, 0.29) is 5.91 Å². The van der Waals surface area contributed by atoms with Gasteiger partial charge < -0.3 is 14.4 Å². The minimum Gasteiger partial charge on any atom is -0.493 e. The fourth-order valence-corrected chi connectivity index (χ4v) is 3.30. The van der Waals surface area contributed by atoms with Crippen molar-refractivity contribution in [3.63, 3.8) is 0 Å². The first-order valence-electron chi connectivity index (χ1n) is 8.16. The van der Waals surface area contributed by atoms with Gasteiger partial charge in [0.05, 0.1) is 13.7 Å². The predicted octanol–water partition coefficient (Wildman–Crippen LogP) is 3.74. The summed E-state index contributed by atoms with van der Waals surface area (Å²) in [5, 5.41) is 0. The Bertz CT molecular complexity index is 515. The van der Waals surface area contributed by atoms with Crippen LogP contribution in [0.1, 0.15) is 49.9 Å². The lowest BCUT2D eigenvalue weighted by molar-refractivity contribution is 0.0628. The number of rotatable bonds is 5. The monoisotopic (exact) mass is 305 g/mol. The number of nitrogens with zero attached hydrogens (tertiary/aromatic N) is 1. The molecular weight excluding hydrogens is 278 g/mol. The molecule has 4 nitrogen and oxygen atoms in total. The lowest BCUT2D eigenvalue weighted by atomic mass is 9.85. The molecule has 0 heterocycles. The number of carbonyl (C=O) groups excluding carboxylic acids is 1. The van der Waals surface area contributed by atoms with Gasteiger partial charge in [-0.3, -0.25) is 4.79 Å². The van der Waals surface area contributed by atoms with Crippen molar-refractivity contribution in [3.05, 3.63) is 23.8 Å². The maximum Gasteiger partial charge on any atom is 0.253 e. The third kappa shape index (κ3) is 3.54. The number of amides is 1. The van der Waals surface area contributed by atoms with Gasteiger partial charge in [-0.25, -0.2) is 0 Å². The summed E-state index contributed by atoms with van der Waals surface area (Å²) in [4.78, 5) is 14.7. The molecule has 0 bridgehead atoms. The van der Waals surface area contributed by atoms with Crippen LogP contribution in [-0.4, -0.2) is 37.6 Å². The molecule has 1 saturated carbocycles. The molecule has 1 aliphatic carbocycles. The quantitative estimate of drug-likeness (QED) is 0.831. The van der Waals surface area contributed by atoms with E-state index in [1.807, 2.05) is 24.9 Å². The summed E-state index contributed by atoms with van der Waals surface area (Å²) in [6.45, 7) is 4.71. The summed E-state index contributed by atoms with van der Waals surface area (Å²) < 4.78 is 10.8. The van der Waals surface area contributed by atoms with E-state index in [4.69, 9.17) is 9.47 Å². The van der Waals surface area contributed by atoms with Crippen LogP contribution in [0.15, 0.2) is 18.2 Å². The summed E-state index contributed by atoms with van der Waals surface area (Å²) >= 11 is 0. The molecule has 122 valence electrons. The Kier molecular flexibility index (Phi) is 5.69. The van der Waals surface area contributed by atoms with Crippen molar-refractivity contribution < 1.29 is 14.3 Å². The van der Waals surface area contributed by atoms with Crippen molar-refractivity contribution in [3.8, 4) is 11.5 Å². The topological polar surface area (TPSA) is 38.8 Å². The first kappa shape index (κ1) is 16.7. The number of benzene rings is 1. The molecule has 2 atom stereocenters. The largest absolute Gasteiger partial charge is 0.493 e. The summed E-state index contributed by atoms with van der Waals surface area (Å²) in [5.41, 5.74) is 0.657. The van der Waals surface area contributed by atoms with Gasteiger partial charge in [-0.2, -0.15) is 0 Å². The van der Waals surface area contributed by atoms with Crippen LogP contribution in [0.5, 0.6) is 11.5 Å². The number of ether oxygens (including phenoxy) is 2. The van der Waals surface area contributed by atoms with Crippen LogP contribution < -0.4 is 9.47 Å². The molecule has 0 spiro atoms. The maximum atomic E-state index is 12.8. The van der Waals surface area contributed by atoms with Crippen LogP contribution in [0, 0.1) is 5.92 Å². The highest BCUT2D eigenvalue weighted by molar-refractivity contribution is 5.95. The van der Waals surface area contributed by atoms with E-state index in [1.165, 1.54) is 19.3 Å². The molecule has 0 radical (unpaired) electrons. The fourth-order valence-electron chi connectivity index (χ4n) is 3.30. The van der Waals surface area contributed by atoms with Crippen molar-refractivity contribution in [2.45, 2.75) is 45.6 Å². The second-order valence-corrected chi connectivity index (χ2v) is 6.04. The average molecular weight is 305 g/mol. The average Bonchev–Trinajstić information content (AvgIpc) is 2.54. The Labute approximate surface area is 133 Å². The minimum absolute atomic E-state index is 0.0577. The number of carbonyl (C=O) groups is 1. The molecule has 0 aromatic heterocycles. The van der Waals surface area contributed by atoms with Crippen LogP contribution in [-0.2, 0) is 0 Å². The Morgan fingerprint density at radius 2 is 2.00 bits per heavy atom. The van der Waals surface area contributed by atoms with Crippen molar-refractivity contribution in [1.82, 2.24) is 4.90 Å². The summed E-state index contributed by atoms with van der Waals surface area (Å²) in [6.07, 6.45) is 4.78. The van der Waals surface area contributed by atoms with E-state index in [0.717, 1.165) is 6.42 Å². The lowest BCUT2D eigenvalue weighted by Crippen LogP contribution is -2.42. The molecule has 22 heavy (non-hydrogen) atoms. The van der Waals surface area contributed by atoms with Gasteiger partial charge in [0.1, 0.15) is 0 Å². The minimum atomic E-state index is 0.0577. The Morgan fingerprint density at radius 3 is 2.64 bits per heavy atom. The zero-order chi connectivity index (χ0) is 16.1. The van der Waals surface area contributed by atoms with Crippen LogP contribution in [0.2, 0.25) is 0 Å². The SMILES string of the molecule is CCOc1cc(C(=O)N(C)C2CCCCC2C)ccc1OC. The third-order valence-electron chi connectivity index (χ3n) is 4.59. The van der Waals surface area contributed by atoms with Crippen LogP contribution in [0.4, 0.5) is 0 Å². The van der Waals surface area contributed by atoms with Gasteiger partial charge in [-0.05, 0) is 43.9 Å². The van der Waals surface area contributed by atoms with Crippen molar-refractivity contribution in [2.75, 3.05) is 20.8 Å². The van der Waals surface area contributed by atoms with E-state index in [0.29, 0.717) is 35.6 Å². The Hall–Kier alpha value is -1.71. The second-order valence-electron chi connectivity index (χ2n) is 6.04. The summed E-state index contributed by atoms with van der Waals surface area (Å²) in [5.74, 6) is 1.91. The molecule has 1 amide bonds. The van der Waals surface area contributed by atoms with Gasteiger partial charge in [0, 0.05) is 18.7 Å². The van der Waals surface area contributed by atoms with Crippen LogP contribution >= 0.6 is 0 Å². The number of hydrogen-bond donors (Lipinski definition) is 0. The molecule has 0 aliphatic heterocycles. The van der Waals surface area contributed by atoms with Gasteiger partial charge in [0.25, 0.3) is 5.91 Å². The molecular formula is C18H27NO3. The Balaban J connectivity index is 2.19. The van der Waals surface area contributed by atoms with Crippen molar-refractivity contribution >= 4 is 5.91 Å². The van der Waals surface area contributed by atoms with Crippen LogP contribution in [0.25, 0.3) is 0 Å². The molecule has 1 aromatic carbocycles. The van der Waals surface area contributed by atoms with Gasteiger partial charge in [0.15, 0.2) is 11.5 Å². The lowest BCUT2D eigenvalue weighted by Gasteiger charge is -2.36. The van der Waals surface area contributed by atoms with E-state index in [9.17, 15) is 4.79 Å². The maximum absolute atomic E-state index is 12.8. The summed E-state index contributed by atoms with van der Waals surface area (Å²) in [7, 11) is 3.52. The van der Waals surface area contributed by atoms with E-state index < -0.39 is 0 Å². The predicted molar refractivity (Wildman–Crippen MR) is 87.7 cm³/mol. The first-order valence-corrected chi connectivity index (χ1v) is 8.16. The zero-order valence-corrected chi connectivity index (χ0v) is 14.1. The zero-order valence-electron chi connectivity index (χ0n) is 14.1. The van der Waals surface area contributed by atoms with Gasteiger partial charge in [-0.1, -0.05) is 19.8 Å². The second kappa shape index (κ2) is 7.52. The van der Waals surface area contributed by atoms with Crippen LogP contribution in [0.3, 0.4) is 0 Å². The molecule has 4 heteroatoms. The normalized spacial score (nSPS) is 21.3. The molecule has 1 fully saturated rings. The highest BCUT2D eigenvalue weighted by Crippen LogP contribution is 2.31. The highest BCUT2D eigenvalue weighted by atomic mass is 16.5. The molecule has 0 N–H and O–H groups in total. The summed E-state index contributed by atoms with van der Waals surface area (Å²) in [6, 6.07) is 5.73. The van der Waals surface area contributed by atoms with Gasteiger partial charge in [-0.15, -0.1) is 0 Å². The third-order valence-corrected chi connectivity index (χ3v) is 4.59. The smallest absolute Gasteiger partial charge is 0.253 e. The first-order chi connectivity index (χ1) is 10.6. The highest BCUT2D eigenvalue weighted by Gasteiger charge is 2.28. The van der Waals surface area contributed by atoms with Crippen molar-refractivity contribution in [1.29, 1.82) is 0 Å². The molecule has 2 rings (SSSR count). The molecule has 2 unspecified atom stereocenters. The van der Waals surface area contributed by atoms with E-state index in [2.05, 4.69) is 6.92 Å². The Morgan fingerprint density at radius 1 is 1.27 bits per heavy atom. The van der Waals surface area contributed by atoms with E-state index >= 15 is 0 Å². The van der Waals surface area contributed by atoms with Crippen molar-refractivity contribution in [2.24, 2.45) is 5.92 Å². The van der Waals surface area contributed by atoms with Gasteiger partial charge in [0.2, 0.25) is 0 Å². The van der Waals surface area contributed by atoms with Gasteiger partial charge >= 0.3 is 0 Å². The number of methoxy groups -OCH3 is 1. The van der Waals surface area contributed by atoms with E-state index in [1.54, 1.807) is 19.2 Å². The standard InChI is InChI=1S/C18H27NO3/c1-5-22-17-12-14(10-11-16(17)21-4)18(20)19(3)15-9-7-6-8-13(15)2/h10-13,15H,5-9H2,1-4H3. The molecule has 1 aliphatic rings. The molecule has 0 saturated heterocycles. The fraction of sp³-hybridized carbons (Fsp3) is 0.611.